The van der Waals surface area contributed by atoms with Crippen LogP contribution in [-0.4, -0.2) is 40.3 Å². The van der Waals surface area contributed by atoms with Crippen LogP contribution >= 0.6 is 0 Å². The Labute approximate surface area is 103 Å². The Bertz CT molecular complexity index is 593. The van der Waals surface area contributed by atoms with Crippen LogP contribution in [0.2, 0.25) is 0 Å². The molecule has 7 heteroatoms. The molecule has 1 unspecified atom stereocenters. The number of carboxylic acids is 1. The van der Waals surface area contributed by atoms with E-state index >= 15 is 0 Å². The Balaban J connectivity index is 2.62. The van der Waals surface area contributed by atoms with Crippen molar-refractivity contribution in [3.63, 3.8) is 0 Å². The number of nitrogens with zero attached hydrogens (tertiary/aromatic N) is 3. The minimum absolute atomic E-state index is 0.506. The van der Waals surface area contributed by atoms with Gasteiger partial charge in [-0.3, -0.25) is 0 Å². The summed E-state index contributed by atoms with van der Waals surface area (Å²) in [4.78, 5) is 11.0. The molecule has 2 aromatic rings. The second-order valence-corrected chi connectivity index (χ2v) is 3.74. The van der Waals surface area contributed by atoms with Gasteiger partial charge in [0.25, 0.3) is 0 Å². The average molecular weight is 251 g/mol. The van der Waals surface area contributed by atoms with Crippen molar-refractivity contribution in [1.29, 1.82) is 0 Å². The van der Waals surface area contributed by atoms with E-state index in [-0.39, 0.29) is 0 Å². The van der Waals surface area contributed by atoms with Crippen LogP contribution in [0.1, 0.15) is 13.0 Å². The molecule has 18 heavy (non-hydrogen) atoms. The zero-order valence-electron chi connectivity index (χ0n) is 10.2. The van der Waals surface area contributed by atoms with Gasteiger partial charge in [-0.05, 0) is 6.92 Å². The van der Waals surface area contributed by atoms with Crippen molar-refractivity contribution in [1.82, 2.24) is 15.0 Å². The third kappa shape index (κ3) is 1.83. The van der Waals surface area contributed by atoms with Crippen molar-refractivity contribution in [3.05, 3.63) is 12.1 Å². The van der Waals surface area contributed by atoms with E-state index in [2.05, 4.69) is 10.3 Å². The molecule has 0 aliphatic heterocycles. The molecule has 0 saturated heterocycles. The Kier molecular flexibility index (Phi) is 3.05. The lowest BCUT2D eigenvalue weighted by Gasteiger charge is -2.09. The Hall–Kier alpha value is -2.31. The van der Waals surface area contributed by atoms with Gasteiger partial charge in [-0.1, -0.05) is 5.21 Å². The van der Waals surface area contributed by atoms with Crippen molar-refractivity contribution >= 4 is 17.0 Å². The summed E-state index contributed by atoms with van der Waals surface area (Å²) in [6.07, 6.45) is 0. The fraction of sp³-hybridized carbons (Fsp3) is 0.364. The predicted molar refractivity (Wildman–Crippen MR) is 63.0 cm³/mol. The van der Waals surface area contributed by atoms with Gasteiger partial charge >= 0.3 is 5.97 Å². The number of benzene rings is 1. The molecule has 1 heterocycles. The minimum atomic E-state index is -0.975. The van der Waals surface area contributed by atoms with Crippen LogP contribution in [-0.2, 0) is 4.79 Å². The molecule has 0 bridgehead atoms. The fourth-order valence-electron chi connectivity index (χ4n) is 1.66. The van der Waals surface area contributed by atoms with Crippen LogP contribution in [0, 0.1) is 0 Å². The number of methoxy groups -OCH3 is 2. The zero-order chi connectivity index (χ0) is 13.3. The molecule has 0 aliphatic rings. The van der Waals surface area contributed by atoms with Crippen LogP contribution in [0.15, 0.2) is 12.1 Å². The number of fused-ring (bicyclic) bond motifs is 1. The Morgan fingerprint density at radius 2 is 1.94 bits per heavy atom. The summed E-state index contributed by atoms with van der Waals surface area (Å²) in [7, 11) is 3.03. The molecule has 0 spiro atoms. The molecule has 0 saturated carbocycles. The lowest BCUT2D eigenvalue weighted by molar-refractivity contribution is -0.140. The van der Waals surface area contributed by atoms with E-state index < -0.39 is 12.0 Å². The second kappa shape index (κ2) is 4.52. The van der Waals surface area contributed by atoms with Crippen molar-refractivity contribution < 1.29 is 19.4 Å². The van der Waals surface area contributed by atoms with Gasteiger partial charge in [-0.15, -0.1) is 5.10 Å². The Morgan fingerprint density at radius 1 is 1.33 bits per heavy atom. The highest BCUT2D eigenvalue weighted by molar-refractivity contribution is 5.81. The molecule has 1 aromatic heterocycles. The molecule has 1 atom stereocenters. The number of ether oxygens (including phenoxy) is 2. The quantitative estimate of drug-likeness (QED) is 0.875. The van der Waals surface area contributed by atoms with Crippen LogP contribution in [0.25, 0.3) is 11.0 Å². The molecular formula is C11H13N3O4. The van der Waals surface area contributed by atoms with Gasteiger partial charge in [0.05, 0.1) is 19.7 Å². The van der Waals surface area contributed by atoms with Gasteiger partial charge in [0.15, 0.2) is 11.5 Å². The van der Waals surface area contributed by atoms with E-state index in [0.717, 1.165) is 0 Å². The summed E-state index contributed by atoms with van der Waals surface area (Å²) >= 11 is 0. The molecule has 1 N–H and O–H groups in total. The van der Waals surface area contributed by atoms with Crippen molar-refractivity contribution in [2.24, 2.45) is 0 Å². The number of aromatic nitrogens is 3. The molecule has 1 aromatic carbocycles. The minimum Gasteiger partial charge on any atom is -0.493 e. The number of aliphatic carboxylic acids is 1. The number of carbonyl (C=O) groups is 1. The lowest BCUT2D eigenvalue weighted by Crippen LogP contribution is -2.16. The number of rotatable bonds is 4. The highest BCUT2D eigenvalue weighted by Crippen LogP contribution is 2.31. The largest absolute Gasteiger partial charge is 0.493 e. The predicted octanol–water partition coefficient (Wildman–Crippen LogP) is 1.09. The zero-order valence-corrected chi connectivity index (χ0v) is 10.2. The first-order valence-electron chi connectivity index (χ1n) is 5.28. The molecule has 0 aliphatic carbocycles. The van der Waals surface area contributed by atoms with E-state index in [1.165, 1.54) is 25.8 Å². The topological polar surface area (TPSA) is 86.5 Å². The fourth-order valence-corrected chi connectivity index (χ4v) is 1.66. The van der Waals surface area contributed by atoms with Gasteiger partial charge in [0.2, 0.25) is 0 Å². The van der Waals surface area contributed by atoms with Gasteiger partial charge in [0, 0.05) is 12.1 Å². The van der Waals surface area contributed by atoms with E-state index in [1.54, 1.807) is 12.1 Å². The van der Waals surface area contributed by atoms with Crippen LogP contribution in [0.3, 0.4) is 0 Å². The second-order valence-electron chi connectivity index (χ2n) is 3.74. The Morgan fingerprint density at radius 3 is 2.50 bits per heavy atom. The van der Waals surface area contributed by atoms with Crippen molar-refractivity contribution in [3.8, 4) is 11.5 Å². The first kappa shape index (κ1) is 12.2. The monoisotopic (exact) mass is 251 g/mol. The summed E-state index contributed by atoms with van der Waals surface area (Å²) in [5, 5.41) is 16.8. The van der Waals surface area contributed by atoms with Gasteiger partial charge in [-0.2, -0.15) is 0 Å². The number of hydrogen-bond acceptors (Lipinski definition) is 5. The van der Waals surface area contributed by atoms with E-state index in [4.69, 9.17) is 14.6 Å². The molecule has 7 nitrogen and oxygen atoms in total. The molecule has 0 fully saturated rings. The normalized spacial score (nSPS) is 12.4. The van der Waals surface area contributed by atoms with Crippen molar-refractivity contribution in [2.75, 3.05) is 14.2 Å². The van der Waals surface area contributed by atoms with Crippen LogP contribution < -0.4 is 9.47 Å². The summed E-state index contributed by atoms with van der Waals surface area (Å²) in [5.41, 5.74) is 1.14. The summed E-state index contributed by atoms with van der Waals surface area (Å²) < 4.78 is 11.6. The maximum atomic E-state index is 11.0. The van der Waals surface area contributed by atoms with E-state index in [0.29, 0.717) is 22.5 Å². The van der Waals surface area contributed by atoms with Crippen molar-refractivity contribution in [2.45, 2.75) is 13.0 Å². The van der Waals surface area contributed by atoms with Gasteiger partial charge < -0.3 is 14.6 Å². The maximum Gasteiger partial charge on any atom is 0.328 e. The molecule has 2 rings (SSSR count). The van der Waals surface area contributed by atoms with E-state index in [9.17, 15) is 4.79 Å². The third-order valence-corrected chi connectivity index (χ3v) is 2.70. The molecular weight excluding hydrogens is 238 g/mol. The van der Waals surface area contributed by atoms with E-state index in [1.807, 2.05) is 0 Å². The average Bonchev–Trinajstić information content (AvgIpc) is 2.78. The standard InChI is InChI=1S/C11H13N3O4/c1-6(11(15)16)14-8-5-10(18-3)9(17-2)4-7(8)12-13-14/h4-6H,1-3H3,(H,15,16). The van der Waals surface area contributed by atoms with Gasteiger partial charge in [-0.25, -0.2) is 9.48 Å². The SMILES string of the molecule is COc1cc2nnn(C(C)C(=O)O)c2cc1OC. The van der Waals surface area contributed by atoms with Crippen LogP contribution in [0.5, 0.6) is 11.5 Å². The smallest absolute Gasteiger partial charge is 0.328 e. The summed E-state index contributed by atoms with van der Waals surface area (Å²) in [5.74, 6) is 0.0581. The highest BCUT2D eigenvalue weighted by atomic mass is 16.5. The third-order valence-electron chi connectivity index (χ3n) is 2.70. The highest BCUT2D eigenvalue weighted by Gasteiger charge is 2.19. The first-order valence-corrected chi connectivity index (χ1v) is 5.28. The maximum absolute atomic E-state index is 11.0. The number of hydrogen-bond donors (Lipinski definition) is 1. The molecule has 0 amide bonds. The van der Waals surface area contributed by atoms with Crippen LogP contribution in [0.4, 0.5) is 0 Å². The molecule has 0 radical (unpaired) electrons. The first-order chi connectivity index (χ1) is 8.58. The summed E-state index contributed by atoms with van der Waals surface area (Å²) in [6, 6.07) is 2.52. The number of carboxylic acid groups (broad SMARTS) is 1. The molecule has 96 valence electrons. The van der Waals surface area contributed by atoms with Gasteiger partial charge in [0.1, 0.15) is 11.6 Å². The lowest BCUT2D eigenvalue weighted by atomic mass is 10.2. The summed E-state index contributed by atoms with van der Waals surface area (Å²) in [6.45, 7) is 1.53.